The molecule has 1 unspecified atom stereocenters. The van der Waals surface area contributed by atoms with Gasteiger partial charge in [-0.15, -0.1) is 0 Å². The first kappa shape index (κ1) is 13.6. The van der Waals surface area contributed by atoms with E-state index in [-0.39, 0.29) is 0 Å². The highest BCUT2D eigenvalue weighted by molar-refractivity contribution is 5.33. The van der Waals surface area contributed by atoms with Gasteiger partial charge in [-0.3, -0.25) is 0 Å². The Balaban J connectivity index is 1.92. The molecule has 1 aromatic rings. The number of hydrogen-bond donors (Lipinski definition) is 1. The molecule has 18 heavy (non-hydrogen) atoms. The van der Waals surface area contributed by atoms with E-state index in [0.29, 0.717) is 6.04 Å². The first-order valence-electron chi connectivity index (χ1n) is 7.14. The lowest BCUT2D eigenvalue weighted by Gasteiger charge is -2.28. The molecule has 1 aliphatic heterocycles. The average molecular weight is 246 g/mol. The first-order valence-corrected chi connectivity index (χ1v) is 7.14. The molecular weight excluding hydrogens is 220 g/mol. The Morgan fingerprint density at radius 3 is 2.56 bits per heavy atom. The fourth-order valence-corrected chi connectivity index (χ4v) is 2.89. The number of rotatable bonds is 4. The van der Waals surface area contributed by atoms with Crippen molar-refractivity contribution in [3.63, 3.8) is 0 Å². The smallest absolute Gasteiger partial charge is 0.0236 e. The molecule has 0 aromatic heterocycles. The molecule has 1 aromatic carbocycles. The Hall–Kier alpha value is -0.860. The third-order valence-electron chi connectivity index (χ3n) is 4.02. The number of nitrogens with one attached hydrogen (secondary N) is 1. The molecule has 1 saturated heterocycles. The van der Waals surface area contributed by atoms with Crippen molar-refractivity contribution in [2.24, 2.45) is 0 Å². The highest BCUT2D eigenvalue weighted by atomic mass is 15.1. The minimum absolute atomic E-state index is 0.688. The van der Waals surface area contributed by atoms with E-state index in [0.717, 1.165) is 13.1 Å². The summed E-state index contributed by atoms with van der Waals surface area (Å²) in [5, 5.41) is 3.62. The molecule has 0 radical (unpaired) electrons. The standard InChI is InChI=1S/C16H26N2/c1-13-7-6-8-14(2)16(13)12-18(3)11-15-9-4-5-10-17-15/h6-8,15,17H,4-5,9-12H2,1-3H3. The molecule has 0 spiro atoms. The van der Waals surface area contributed by atoms with Gasteiger partial charge in [0.1, 0.15) is 0 Å². The lowest BCUT2D eigenvalue weighted by Crippen LogP contribution is -2.42. The van der Waals surface area contributed by atoms with Gasteiger partial charge < -0.3 is 10.2 Å². The van der Waals surface area contributed by atoms with Crippen molar-refractivity contribution in [3.8, 4) is 0 Å². The molecule has 0 saturated carbocycles. The van der Waals surface area contributed by atoms with Crippen molar-refractivity contribution in [2.45, 2.75) is 45.7 Å². The Kier molecular flexibility index (Phi) is 4.79. The van der Waals surface area contributed by atoms with Crippen LogP contribution in [0.3, 0.4) is 0 Å². The summed E-state index contributed by atoms with van der Waals surface area (Å²) < 4.78 is 0. The van der Waals surface area contributed by atoms with Crippen LogP contribution >= 0.6 is 0 Å². The lowest BCUT2D eigenvalue weighted by molar-refractivity contribution is 0.256. The van der Waals surface area contributed by atoms with Crippen LogP contribution in [0.4, 0.5) is 0 Å². The minimum Gasteiger partial charge on any atom is -0.313 e. The molecular formula is C16H26N2. The van der Waals surface area contributed by atoms with E-state index < -0.39 is 0 Å². The zero-order valence-corrected chi connectivity index (χ0v) is 12.0. The van der Waals surface area contributed by atoms with Gasteiger partial charge in [-0.05, 0) is 57.0 Å². The van der Waals surface area contributed by atoms with E-state index in [1.54, 1.807) is 0 Å². The zero-order valence-electron chi connectivity index (χ0n) is 12.0. The fourth-order valence-electron chi connectivity index (χ4n) is 2.89. The van der Waals surface area contributed by atoms with Crippen LogP contribution in [0.15, 0.2) is 18.2 Å². The Morgan fingerprint density at radius 2 is 1.94 bits per heavy atom. The zero-order chi connectivity index (χ0) is 13.0. The van der Waals surface area contributed by atoms with Crippen LogP contribution in [0.2, 0.25) is 0 Å². The van der Waals surface area contributed by atoms with Gasteiger partial charge in [0.2, 0.25) is 0 Å². The summed E-state index contributed by atoms with van der Waals surface area (Å²) in [5.74, 6) is 0. The van der Waals surface area contributed by atoms with E-state index in [9.17, 15) is 0 Å². The second kappa shape index (κ2) is 6.35. The van der Waals surface area contributed by atoms with Gasteiger partial charge in [-0.1, -0.05) is 24.6 Å². The summed E-state index contributed by atoms with van der Waals surface area (Å²) in [6.45, 7) is 7.86. The Morgan fingerprint density at radius 1 is 1.22 bits per heavy atom. The van der Waals surface area contributed by atoms with E-state index in [1.807, 2.05) is 0 Å². The largest absolute Gasteiger partial charge is 0.313 e. The molecule has 1 atom stereocenters. The van der Waals surface area contributed by atoms with Gasteiger partial charge in [-0.25, -0.2) is 0 Å². The van der Waals surface area contributed by atoms with Gasteiger partial charge >= 0.3 is 0 Å². The van der Waals surface area contributed by atoms with Crippen molar-refractivity contribution in [2.75, 3.05) is 20.1 Å². The van der Waals surface area contributed by atoms with Crippen molar-refractivity contribution in [1.29, 1.82) is 0 Å². The molecule has 0 amide bonds. The predicted octanol–water partition coefficient (Wildman–Crippen LogP) is 2.88. The van der Waals surface area contributed by atoms with Gasteiger partial charge in [0.05, 0.1) is 0 Å². The predicted molar refractivity (Wildman–Crippen MR) is 77.9 cm³/mol. The normalized spacial score (nSPS) is 20.3. The van der Waals surface area contributed by atoms with Gasteiger partial charge in [-0.2, -0.15) is 0 Å². The maximum Gasteiger partial charge on any atom is 0.0236 e. The number of nitrogens with zero attached hydrogens (tertiary/aromatic N) is 1. The van der Waals surface area contributed by atoms with E-state index in [4.69, 9.17) is 0 Å². The van der Waals surface area contributed by atoms with E-state index in [2.05, 4.69) is 49.3 Å². The SMILES string of the molecule is Cc1cccc(C)c1CN(C)CC1CCCCN1. The Labute approximate surface area is 111 Å². The maximum absolute atomic E-state index is 3.62. The van der Waals surface area contributed by atoms with Gasteiger partial charge in [0.25, 0.3) is 0 Å². The number of hydrogen-bond acceptors (Lipinski definition) is 2. The van der Waals surface area contributed by atoms with Crippen LogP contribution < -0.4 is 5.32 Å². The van der Waals surface area contributed by atoms with Crippen molar-refractivity contribution in [3.05, 3.63) is 34.9 Å². The van der Waals surface area contributed by atoms with E-state index in [1.165, 1.54) is 42.5 Å². The molecule has 1 heterocycles. The molecule has 1 aliphatic rings. The summed E-state index contributed by atoms with van der Waals surface area (Å²) in [7, 11) is 2.24. The molecule has 2 heteroatoms. The average Bonchev–Trinajstić information content (AvgIpc) is 2.35. The molecule has 2 rings (SSSR count). The minimum atomic E-state index is 0.688. The van der Waals surface area contributed by atoms with Crippen molar-refractivity contribution < 1.29 is 0 Å². The molecule has 2 nitrogen and oxygen atoms in total. The molecule has 0 bridgehead atoms. The molecule has 1 fully saturated rings. The quantitative estimate of drug-likeness (QED) is 0.879. The van der Waals surface area contributed by atoms with Crippen LogP contribution in [-0.4, -0.2) is 31.1 Å². The summed E-state index contributed by atoms with van der Waals surface area (Å²) >= 11 is 0. The summed E-state index contributed by atoms with van der Waals surface area (Å²) in [4.78, 5) is 2.46. The topological polar surface area (TPSA) is 15.3 Å². The summed E-state index contributed by atoms with van der Waals surface area (Å²) in [6, 6.07) is 7.27. The van der Waals surface area contributed by atoms with Crippen LogP contribution in [-0.2, 0) is 6.54 Å². The Bertz CT molecular complexity index is 360. The highest BCUT2D eigenvalue weighted by Crippen LogP contribution is 2.16. The summed E-state index contributed by atoms with van der Waals surface area (Å²) in [6.07, 6.45) is 4.06. The number of piperidine rings is 1. The van der Waals surface area contributed by atoms with Crippen molar-refractivity contribution >= 4 is 0 Å². The molecule has 100 valence electrons. The van der Waals surface area contributed by atoms with Gasteiger partial charge in [0.15, 0.2) is 0 Å². The van der Waals surface area contributed by atoms with Crippen LogP contribution in [0, 0.1) is 13.8 Å². The second-order valence-electron chi connectivity index (χ2n) is 5.71. The number of aryl methyl sites for hydroxylation is 2. The lowest BCUT2D eigenvalue weighted by atomic mass is 10.0. The van der Waals surface area contributed by atoms with Crippen LogP contribution in [0.5, 0.6) is 0 Å². The molecule has 1 N–H and O–H groups in total. The van der Waals surface area contributed by atoms with Crippen LogP contribution in [0.25, 0.3) is 0 Å². The monoisotopic (exact) mass is 246 g/mol. The number of benzene rings is 1. The van der Waals surface area contributed by atoms with Crippen LogP contribution in [0.1, 0.15) is 36.0 Å². The third kappa shape index (κ3) is 3.56. The number of likely N-dealkylation sites (N-methyl/N-ethyl adjacent to an activating group) is 1. The molecule has 0 aliphatic carbocycles. The van der Waals surface area contributed by atoms with E-state index >= 15 is 0 Å². The fraction of sp³-hybridized carbons (Fsp3) is 0.625. The summed E-state index contributed by atoms with van der Waals surface area (Å²) in [5.41, 5.74) is 4.33. The highest BCUT2D eigenvalue weighted by Gasteiger charge is 2.15. The second-order valence-corrected chi connectivity index (χ2v) is 5.71. The van der Waals surface area contributed by atoms with Gasteiger partial charge in [0, 0.05) is 19.1 Å². The van der Waals surface area contributed by atoms with Crippen molar-refractivity contribution in [1.82, 2.24) is 10.2 Å². The first-order chi connectivity index (χ1) is 8.66. The maximum atomic E-state index is 3.62. The third-order valence-corrected chi connectivity index (χ3v) is 4.02.